The van der Waals surface area contributed by atoms with Crippen LogP contribution in [0.3, 0.4) is 0 Å². The van der Waals surface area contributed by atoms with Crippen LogP contribution in [-0.2, 0) is 0 Å². The third-order valence-electron chi connectivity index (χ3n) is 3.33. The van der Waals surface area contributed by atoms with Crippen molar-refractivity contribution in [2.45, 2.75) is 26.3 Å². The summed E-state index contributed by atoms with van der Waals surface area (Å²) in [4.78, 5) is 0. The van der Waals surface area contributed by atoms with Crippen LogP contribution in [0.2, 0.25) is 0 Å². The first-order chi connectivity index (χ1) is 10.0. The van der Waals surface area contributed by atoms with E-state index in [1.165, 1.54) is 5.56 Å². The van der Waals surface area contributed by atoms with Gasteiger partial charge in [0.25, 0.3) is 0 Å². The van der Waals surface area contributed by atoms with Crippen LogP contribution in [-0.4, -0.2) is 6.61 Å². The fourth-order valence-electron chi connectivity index (χ4n) is 2.03. The molecular weight excluding hydrogens is 394 g/mol. The molecule has 2 nitrogen and oxygen atoms in total. The molecular formula is C17H19Br2NO. The summed E-state index contributed by atoms with van der Waals surface area (Å²) in [5.74, 6) is 0.859. The maximum atomic E-state index is 6.37. The molecule has 2 aromatic carbocycles. The van der Waals surface area contributed by atoms with Crippen molar-refractivity contribution in [1.29, 1.82) is 0 Å². The van der Waals surface area contributed by atoms with Crippen LogP contribution in [0.4, 0.5) is 0 Å². The van der Waals surface area contributed by atoms with Crippen LogP contribution in [0.5, 0.6) is 5.75 Å². The smallest absolute Gasteiger partial charge is 0.133 e. The average Bonchev–Trinajstić information content (AvgIpc) is 2.48. The average molecular weight is 413 g/mol. The number of hydrogen-bond donors (Lipinski definition) is 1. The molecule has 0 bridgehead atoms. The van der Waals surface area contributed by atoms with E-state index in [9.17, 15) is 0 Å². The van der Waals surface area contributed by atoms with Crippen LogP contribution in [0.15, 0.2) is 45.3 Å². The van der Waals surface area contributed by atoms with E-state index in [1.807, 2.05) is 18.2 Å². The normalized spacial score (nSPS) is 12.2. The lowest BCUT2D eigenvalue weighted by molar-refractivity contribution is 0.315. The highest BCUT2D eigenvalue weighted by molar-refractivity contribution is 9.10. The van der Waals surface area contributed by atoms with Crippen LogP contribution >= 0.6 is 31.9 Å². The second-order valence-corrected chi connectivity index (χ2v) is 6.73. The molecule has 0 spiro atoms. The standard InChI is InChI=1S/C17H19Br2NO/c1-3-8-21-16-7-6-13(10-15(16)19)17(20)12-5-4-11(2)14(18)9-12/h4-7,9-10,17H,3,8,20H2,1-2H3. The first-order valence-electron chi connectivity index (χ1n) is 6.96. The van der Waals surface area contributed by atoms with Gasteiger partial charge in [-0.3, -0.25) is 0 Å². The Morgan fingerprint density at radius 3 is 2.24 bits per heavy atom. The minimum Gasteiger partial charge on any atom is -0.492 e. The number of aryl methyl sites for hydroxylation is 1. The summed E-state index contributed by atoms with van der Waals surface area (Å²) in [6.07, 6.45) is 0.991. The molecule has 0 heterocycles. The Labute approximate surface area is 143 Å². The minimum absolute atomic E-state index is 0.154. The molecule has 0 aliphatic rings. The lowest BCUT2D eigenvalue weighted by Gasteiger charge is -2.16. The SMILES string of the molecule is CCCOc1ccc(C(N)c2ccc(C)c(Br)c2)cc1Br. The van der Waals surface area contributed by atoms with Crippen molar-refractivity contribution in [3.63, 3.8) is 0 Å². The van der Waals surface area contributed by atoms with Gasteiger partial charge in [0.15, 0.2) is 0 Å². The Balaban J connectivity index is 2.24. The Morgan fingerprint density at radius 1 is 1.05 bits per heavy atom. The molecule has 4 heteroatoms. The predicted octanol–water partition coefficient (Wildman–Crippen LogP) is 5.36. The van der Waals surface area contributed by atoms with E-state index >= 15 is 0 Å². The molecule has 0 amide bonds. The Hall–Kier alpha value is -0.840. The molecule has 1 atom stereocenters. The Kier molecular flexibility index (Phi) is 5.85. The zero-order chi connectivity index (χ0) is 15.4. The quantitative estimate of drug-likeness (QED) is 0.717. The third kappa shape index (κ3) is 4.09. The van der Waals surface area contributed by atoms with Crippen molar-refractivity contribution in [2.75, 3.05) is 6.61 Å². The van der Waals surface area contributed by atoms with Crippen LogP contribution in [0.25, 0.3) is 0 Å². The number of rotatable bonds is 5. The fourth-order valence-corrected chi connectivity index (χ4v) is 2.94. The summed E-state index contributed by atoms with van der Waals surface area (Å²) in [6, 6.07) is 12.1. The highest BCUT2D eigenvalue weighted by Gasteiger charge is 2.12. The second kappa shape index (κ2) is 7.43. The first-order valence-corrected chi connectivity index (χ1v) is 8.55. The third-order valence-corrected chi connectivity index (χ3v) is 4.81. The Morgan fingerprint density at radius 2 is 1.67 bits per heavy atom. The van der Waals surface area contributed by atoms with Crippen LogP contribution < -0.4 is 10.5 Å². The summed E-state index contributed by atoms with van der Waals surface area (Å²) in [5, 5.41) is 0. The summed E-state index contributed by atoms with van der Waals surface area (Å²) in [6.45, 7) is 4.87. The highest BCUT2D eigenvalue weighted by Crippen LogP contribution is 2.31. The van der Waals surface area contributed by atoms with E-state index in [0.717, 1.165) is 38.8 Å². The highest BCUT2D eigenvalue weighted by atomic mass is 79.9. The minimum atomic E-state index is -0.154. The lowest BCUT2D eigenvalue weighted by Crippen LogP contribution is -2.12. The van der Waals surface area contributed by atoms with Gasteiger partial charge in [-0.1, -0.05) is 41.1 Å². The zero-order valence-corrected chi connectivity index (χ0v) is 15.4. The van der Waals surface area contributed by atoms with Gasteiger partial charge >= 0.3 is 0 Å². The molecule has 2 rings (SSSR count). The Bertz CT molecular complexity index is 628. The van der Waals surface area contributed by atoms with E-state index in [-0.39, 0.29) is 6.04 Å². The molecule has 112 valence electrons. The lowest BCUT2D eigenvalue weighted by atomic mass is 9.99. The van der Waals surface area contributed by atoms with Gasteiger partial charge in [-0.15, -0.1) is 0 Å². The summed E-state index contributed by atoms with van der Waals surface area (Å²) in [7, 11) is 0. The van der Waals surface area contributed by atoms with E-state index in [2.05, 4.69) is 63.9 Å². The molecule has 2 aromatic rings. The summed E-state index contributed by atoms with van der Waals surface area (Å²) >= 11 is 7.11. The number of ether oxygens (including phenoxy) is 1. The summed E-state index contributed by atoms with van der Waals surface area (Å²) < 4.78 is 7.69. The molecule has 2 N–H and O–H groups in total. The molecule has 0 saturated heterocycles. The van der Waals surface area contributed by atoms with Gasteiger partial charge in [-0.05, 0) is 64.2 Å². The topological polar surface area (TPSA) is 35.2 Å². The molecule has 0 aliphatic heterocycles. The van der Waals surface area contributed by atoms with E-state index in [1.54, 1.807) is 0 Å². The van der Waals surface area contributed by atoms with Crippen LogP contribution in [0.1, 0.15) is 36.1 Å². The first kappa shape index (κ1) is 16.5. The molecule has 0 radical (unpaired) electrons. The second-order valence-electron chi connectivity index (χ2n) is 5.02. The van der Waals surface area contributed by atoms with Gasteiger partial charge in [0.05, 0.1) is 17.1 Å². The predicted molar refractivity (Wildman–Crippen MR) is 94.8 cm³/mol. The van der Waals surface area contributed by atoms with Crippen LogP contribution in [0, 0.1) is 6.92 Å². The largest absolute Gasteiger partial charge is 0.492 e. The van der Waals surface area contributed by atoms with Gasteiger partial charge in [0.1, 0.15) is 5.75 Å². The monoisotopic (exact) mass is 411 g/mol. The van der Waals surface area contributed by atoms with Crippen molar-refractivity contribution in [2.24, 2.45) is 5.73 Å². The fraction of sp³-hybridized carbons (Fsp3) is 0.294. The van der Waals surface area contributed by atoms with Crippen molar-refractivity contribution < 1.29 is 4.74 Å². The molecule has 0 aromatic heterocycles. The number of halogens is 2. The molecule has 1 unspecified atom stereocenters. The molecule has 21 heavy (non-hydrogen) atoms. The van der Waals surface area contributed by atoms with Gasteiger partial charge < -0.3 is 10.5 Å². The maximum Gasteiger partial charge on any atom is 0.133 e. The van der Waals surface area contributed by atoms with Crippen molar-refractivity contribution in [3.8, 4) is 5.75 Å². The van der Waals surface area contributed by atoms with E-state index < -0.39 is 0 Å². The molecule has 0 aliphatic carbocycles. The van der Waals surface area contributed by atoms with Crippen molar-refractivity contribution >= 4 is 31.9 Å². The van der Waals surface area contributed by atoms with E-state index in [0.29, 0.717) is 0 Å². The molecule has 0 saturated carbocycles. The van der Waals surface area contributed by atoms with E-state index in [4.69, 9.17) is 10.5 Å². The number of hydrogen-bond acceptors (Lipinski definition) is 2. The van der Waals surface area contributed by atoms with Gasteiger partial charge in [-0.25, -0.2) is 0 Å². The summed E-state index contributed by atoms with van der Waals surface area (Å²) in [5.41, 5.74) is 9.72. The number of nitrogens with two attached hydrogens (primary N) is 1. The maximum absolute atomic E-state index is 6.37. The van der Waals surface area contributed by atoms with Crippen molar-refractivity contribution in [3.05, 3.63) is 62.0 Å². The molecule has 0 fully saturated rings. The zero-order valence-electron chi connectivity index (χ0n) is 12.2. The van der Waals surface area contributed by atoms with Crippen molar-refractivity contribution in [1.82, 2.24) is 0 Å². The van der Waals surface area contributed by atoms with Gasteiger partial charge in [0, 0.05) is 4.47 Å². The van der Waals surface area contributed by atoms with Gasteiger partial charge in [0.2, 0.25) is 0 Å². The van der Waals surface area contributed by atoms with Gasteiger partial charge in [-0.2, -0.15) is 0 Å². The number of benzene rings is 2.